The van der Waals surface area contributed by atoms with Gasteiger partial charge in [-0.05, 0) is 25.1 Å². The van der Waals surface area contributed by atoms with Crippen LogP contribution in [0.2, 0.25) is 5.15 Å². The number of hydrogen-bond acceptors (Lipinski definition) is 5. The van der Waals surface area contributed by atoms with Crippen LogP contribution in [-0.4, -0.2) is 59.4 Å². The molecule has 3 heterocycles. The SMILES string of the molecule is Cc1cc2c(c(Cl)n1)C(=O)N(CN1CCN(c3ccccc3)CC1)C2=O. The number of rotatable bonds is 3. The Kier molecular flexibility index (Phi) is 4.38. The molecule has 0 unspecified atom stereocenters. The van der Waals surface area contributed by atoms with Crippen LogP contribution in [-0.2, 0) is 0 Å². The zero-order valence-electron chi connectivity index (χ0n) is 14.5. The van der Waals surface area contributed by atoms with Crippen molar-refractivity contribution < 1.29 is 9.59 Å². The van der Waals surface area contributed by atoms with E-state index < -0.39 is 0 Å². The van der Waals surface area contributed by atoms with E-state index in [2.05, 4.69) is 26.9 Å². The van der Waals surface area contributed by atoms with Crippen molar-refractivity contribution >= 4 is 29.1 Å². The summed E-state index contributed by atoms with van der Waals surface area (Å²) in [5, 5.41) is 0.106. The Morgan fingerprint density at radius 1 is 1.04 bits per heavy atom. The summed E-state index contributed by atoms with van der Waals surface area (Å²) in [6.45, 7) is 5.32. The number of fused-ring (bicyclic) bond motifs is 1. The van der Waals surface area contributed by atoms with Crippen molar-refractivity contribution in [3.8, 4) is 0 Å². The fourth-order valence-electron chi connectivity index (χ4n) is 3.49. The lowest BCUT2D eigenvalue weighted by Crippen LogP contribution is -2.51. The fourth-order valence-corrected chi connectivity index (χ4v) is 3.81. The summed E-state index contributed by atoms with van der Waals surface area (Å²) in [6, 6.07) is 11.9. The molecule has 2 aliphatic heterocycles. The van der Waals surface area contributed by atoms with Crippen molar-refractivity contribution in [1.82, 2.24) is 14.8 Å². The van der Waals surface area contributed by atoms with Gasteiger partial charge in [0.1, 0.15) is 5.15 Å². The standard InChI is InChI=1S/C19H19ClN4O2/c1-13-11-15-16(17(20)21-13)19(26)24(18(15)25)12-22-7-9-23(10-8-22)14-5-3-2-4-6-14/h2-6,11H,7-10,12H2,1H3. The number of aromatic nitrogens is 1. The first-order chi connectivity index (χ1) is 12.5. The number of imide groups is 1. The molecule has 6 nitrogen and oxygen atoms in total. The summed E-state index contributed by atoms with van der Waals surface area (Å²) in [6.07, 6.45) is 0. The van der Waals surface area contributed by atoms with E-state index in [1.165, 1.54) is 10.6 Å². The lowest BCUT2D eigenvalue weighted by atomic mass is 10.1. The summed E-state index contributed by atoms with van der Waals surface area (Å²) in [7, 11) is 0. The number of nitrogens with zero attached hydrogens (tertiary/aromatic N) is 4. The van der Waals surface area contributed by atoms with Crippen LogP contribution in [0.4, 0.5) is 5.69 Å². The van der Waals surface area contributed by atoms with Crippen LogP contribution in [0.5, 0.6) is 0 Å². The molecule has 2 aromatic rings. The van der Waals surface area contributed by atoms with Crippen molar-refractivity contribution in [2.45, 2.75) is 6.92 Å². The number of amides is 2. The topological polar surface area (TPSA) is 56.8 Å². The number of benzene rings is 1. The van der Waals surface area contributed by atoms with E-state index in [1.54, 1.807) is 13.0 Å². The minimum atomic E-state index is -0.354. The van der Waals surface area contributed by atoms with Crippen molar-refractivity contribution in [1.29, 1.82) is 0 Å². The molecule has 1 saturated heterocycles. The van der Waals surface area contributed by atoms with E-state index in [9.17, 15) is 9.59 Å². The van der Waals surface area contributed by atoms with Crippen LogP contribution < -0.4 is 4.90 Å². The Bertz CT molecular complexity index is 863. The summed E-state index contributed by atoms with van der Waals surface area (Å²) < 4.78 is 0. The van der Waals surface area contributed by atoms with Crippen LogP contribution in [0.15, 0.2) is 36.4 Å². The Labute approximate surface area is 157 Å². The first kappa shape index (κ1) is 17.0. The number of carbonyl (C=O) groups excluding carboxylic acids is 2. The zero-order chi connectivity index (χ0) is 18.3. The number of carbonyl (C=O) groups is 2. The van der Waals surface area contributed by atoms with Crippen molar-refractivity contribution in [2.24, 2.45) is 0 Å². The predicted molar refractivity (Wildman–Crippen MR) is 99.6 cm³/mol. The summed E-state index contributed by atoms with van der Waals surface area (Å²) >= 11 is 6.10. The van der Waals surface area contributed by atoms with Gasteiger partial charge >= 0.3 is 0 Å². The van der Waals surface area contributed by atoms with Crippen LogP contribution in [0.1, 0.15) is 26.4 Å². The molecule has 0 N–H and O–H groups in total. The molecule has 0 radical (unpaired) electrons. The molecule has 134 valence electrons. The number of anilines is 1. The molecule has 0 saturated carbocycles. The molecule has 4 rings (SSSR count). The monoisotopic (exact) mass is 370 g/mol. The van der Waals surface area contributed by atoms with Crippen LogP contribution in [0, 0.1) is 6.92 Å². The lowest BCUT2D eigenvalue weighted by Gasteiger charge is -2.37. The minimum absolute atomic E-state index is 0.106. The third kappa shape index (κ3) is 2.95. The number of hydrogen-bond donors (Lipinski definition) is 0. The number of pyridine rings is 1. The third-order valence-corrected chi connectivity index (χ3v) is 5.15. The second-order valence-electron chi connectivity index (χ2n) is 6.60. The van der Waals surface area contributed by atoms with Gasteiger partial charge in [-0.15, -0.1) is 0 Å². The molecule has 1 aromatic carbocycles. The maximum Gasteiger partial charge on any atom is 0.265 e. The van der Waals surface area contributed by atoms with Crippen molar-refractivity contribution in [3.05, 3.63) is 58.4 Å². The molecule has 0 atom stereocenters. The van der Waals surface area contributed by atoms with Gasteiger partial charge in [-0.1, -0.05) is 29.8 Å². The van der Waals surface area contributed by atoms with Gasteiger partial charge in [-0.3, -0.25) is 19.4 Å². The molecular formula is C19H19ClN4O2. The molecule has 7 heteroatoms. The second-order valence-corrected chi connectivity index (χ2v) is 6.96. The highest BCUT2D eigenvalue weighted by molar-refractivity contribution is 6.36. The Balaban J connectivity index is 1.44. The number of aryl methyl sites for hydroxylation is 1. The molecule has 0 spiro atoms. The normalized spacial score (nSPS) is 17.8. The molecule has 1 fully saturated rings. The highest BCUT2D eigenvalue weighted by atomic mass is 35.5. The summed E-state index contributed by atoms with van der Waals surface area (Å²) in [4.78, 5) is 35.1. The average molecular weight is 371 g/mol. The van der Waals surface area contributed by atoms with Gasteiger partial charge in [0.15, 0.2) is 0 Å². The average Bonchev–Trinajstić information content (AvgIpc) is 2.88. The second kappa shape index (κ2) is 6.70. The first-order valence-corrected chi connectivity index (χ1v) is 8.98. The van der Waals surface area contributed by atoms with Gasteiger partial charge < -0.3 is 4.90 Å². The maximum atomic E-state index is 12.7. The minimum Gasteiger partial charge on any atom is -0.369 e. The van der Waals surface area contributed by atoms with E-state index in [0.717, 1.165) is 26.2 Å². The number of piperazine rings is 1. The number of para-hydroxylation sites is 1. The van der Waals surface area contributed by atoms with E-state index >= 15 is 0 Å². The quantitative estimate of drug-likeness (QED) is 0.613. The first-order valence-electron chi connectivity index (χ1n) is 8.60. The highest BCUT2D eigenvalue weighted by Gasteiger charge is 2.39. The van der Waals surface area contributed by atoms with E-state index in [1.807, 2.05) is 18.2 Å². The van der Waals surface area contributed by atoms with Crippen molar-refractivity contribution in [2.75, 3.05) is 37.7 Å². The summed E-state index contributed by atoms with van der Waals surface area (Å²) in [5.74, 6) is -0.643. The van der Waals surface area contributed by atoms with Crippen molar-refractivity contribution in [3.63, 3.8) is 0 Å². The maximum absolute atomic E-state index is 12.7. The van der Waals surface area contributed by atoms with E-state index in [0.29, 0.717) is 11.3 Å². The molecular weight excluding hydrogens is 352 g/mol. The Hall–Kier alpha value is -2.44. The summed E-state index contributed by atoms with van der Waals surface area (Å²) in [5.41, 5.74) is 2.41. The van der Waals surface area contributed by atoms with Gasteiger partial charge in [-0.2, -0.15) is 0 Å². The molecule has 26 heavy (non-hydrogen) atoms. The fraction of sp³-hybridized carbons (Fsp3) is 0.316. The van der Waals surface area contributed by atoms with Gasteiger partial charge in [0.2, 0.25) is 0 Å². The molecule has 0 bridgehead atoms. The Morgan fingerprint density at radius 2 is 1.73 bits per heavy atom. The van der Waals surface area contributed by atoms with Gasteiger partial charge in [0.25, 0.3) is 11.8 Å². The van der Waals surface area contributed by atoms with Gasteiger partial charge in [0, 0.05) is 37.6 Å². The van der Waals surface area contributed by atoms with E-state index in [-0.39, 0.29) is 29.2 Å². The molecule has 2 aliphatic rings. The van der Waals surface area contributed by atoms with Crippen LogP contribution in [0.3, 0.4) is 0 Å². The zero-order valence-corrected chi connectivity index (χ0v) is 15.2. The number of halogens is 1. The highest BCUT2D eigenvalue weighted by Crippen LogP contribution is 2.29. The van der Waals surface area contributed by atoms with Crippen LogP contribution in [0.25, 0.3) is 0 Å². The molecule has 0 aliphatic carbocycles. The van der Waals surface area contributed by atoms with E-state index in [4.69, 9.17) is 11.6 Å². The largest absolute Gasteiger partial charge is 0.369 e. The third-order valence-electron chi connectivity index (χ3n) is 4.87. The van der Waals surface area contributed by atoms with Gasteiger partial charge in [0.05, 0.1) is 17.8 Å². The lowest BCUT2D eigenvalue weighted by molar-refractivity contribution is 0.0535. The van der Waals surface area contributed by atoms with Crippen LogP contribution >= 0.6 is 11.6 Å². The smallest absolute Gasteiger partial charge is 0.265 e. The predicted octanol–water partition coefficient (Wildman–Crippen LogP) is 2.42. The molecule has 2 amide bonds. The Morgan fingerprint density at radius 3 is 2.42 bits per heavy atom. The van der Waals surface area contributed by atoms with Gasteiger partial charge in [-0.25, -0.2) is 4.98 Å². The molecule has 1 aromatic heterocycles.